The maximum atomic E-state index is 12.5. The third kappa shape index (κ3) is 5.16. The van der Waals surface area contributed by atoms with Crippen LogP contribution in [-0.2, 0) is 11.3 Å². The molecule has 0 saturated carbocycles. The minimum Gasteiger partial charge on any atom is -0.495 e. The largest absolute Gasteiger partial charge is 0.495 e. The maximum absolute atomic E-state index is 12.5. The van der Waals surface area contributed by atoms with Crippen molar-refractivity contribution in [3.05, 3.63) is 64.9 Å². The molecule has 12 heteroatoms. The van der Waals surface area contributed by atoms with Gasteiger partial charge in [-0.15, -0.1) is 0 Å². The molecule has 0 atom stereocenters. The molecule has 194 valence electrons. The lowest BCUT2D eigenvalue weighted by atomic mass is 10.1. The van der Waals surface area contributed by atoms with E-state index in [2.05, 4.69) is 41.6 Å². The van der Waals surface area contributed by atoms with Crippen molar-refractivity contribution in [2.45, 2.75) is 6.54 Å². The van der Waals surface area contributed by atoms with Crippen molar-refractivity contribution in [3.8, 4) is 40.0 Å². The first-order valence-corrected chi connectivity index (χ1v) is 12.4. The summed E-state index contributed by atoms with van der Waals surface area (Å²) < 4.78 is 18.8. The molecule has 0 spiro atoms. The number of rotatable bonds is 8. The van der Waals surface area contributed by atoms with Gasteiger partial charge >= 0.3 is 0 Å². The lowest BCUT2D eigenvalue weighted by molar-refractivity contribution is -0.118. The van der Waals surface area contributed by atoms with Crippen LogP contribution in [0.15, 0.2) is 59.2 Å². The number of halogens is 1. The molecule has 0 bridgehead atoms. The molecule has 38 heavy (non-hydrogen) atoms. The van der Waals surface area contributed by atoms with Crippen molar-refractivity contribution in [2.24, 2.45) is 0 Å². The summed E-state index contributed by atoms with van der Waals surface area (Å²) in [6.45, 7) is 0.880. The first kappa shape index (κ1) is 25.2. The van der Waals surface area contributed by atoms with Gasteiger partial charge in [-0.25, -0.2) is 9.97 Å². The first-order chi connectivity index (χ1) is 18.5. The van der Waals surface area contributed by atoms with Gasteiger partial charge in [0.05, 0.1) is 36.6 Å². The third-order valence-electron chi connectivity index (χ3n) is 5.76. The fourth-order valence-corrected chi connectivity index (χ4v) is 4.52. The monoisotopic (exact) mass is 578 g/mol. The topological polar surface area (TPSA) is 129 Å². The molecule has 11 nitrogen and oxygen atoms in total. The second-order valence-electron chi connectivity index (χ2n) is 8.19. The molecule has 0 aliphatic carbocycles. The Morgan fingerprint density at radius 2 is 1.92 bits per heavy atom. The van der Waals surface area contributed by atoms with Crippen LogP contribution in [0.5, 0.6) is 17.2 Å². The van der Waals surface area contributed by atoms with E-state index < -0.39 is 0 Å². The van der Waals surface area contributed by atoms with Crippen molar-refractivity contribution in [1.82, 2.24) is 25.1 Å². The van der Waals surface area contributed by atoms with E-state index in [0.717, 1.165) is 0 Å². The van der Waals surface area contributed by atoms with Crippen LogP contribution in [0.2, 0.25) is 0 Å². The van der Waals surface area contributed by atoms with E-state index in [0.29, 0.717) is 69.0 Å². The summed E-state index contributed by atoms with van der Waals surface area (Å²) in [6, 6.07) is 14.1. The quantitative estimate of drug-likeness (QED) is 0.324. The van der Waals surface area contributed by atoms with Gasteiger partial charge in [-0.05, 0) is 52.3 Å². The highest BCUT2D eigenvalue weighted by Crippen LogP contribution is 2.39. The highest BCUT2D eigenvalue weighted by Gasteiger charge is 2.21. The molecule has 0 saturated heterocycles. The number of nitrogens with one attached hydrogen (secondary N) is 2. The molecular weight excluding hydrogens is 556 g/mol. The van der Waals surface area contributed by atoms with Gasteiger partial charge in [-0.1, -0.05) is 12.1 Å². The Bertz CT molecular complexity index is 1520. The number of carbonyl (C=O) groups excluding carboxylic acids is 2. The highest BCUT2D eigenvalue weighted by molar-refractivity contribution is 9.10. The summed E-state index contributed by atoms with van der Waals surface area (Å²) in [4.78, 5) is 33.7. The summed E-state index contributed by atoms with van der Waals surface area (Å²) in [6.07, 6.45) is 1.63. The number of ether oxygens (including phenoxy) is 3. The summed E-state index contributed by atoms with van der Waals surface area (Å²) >= 11 is 3.51. The number of methoxy groups -OCH3 is 2. The van der Waals surface area contributed by atoms with Crippen molar-refractivity contribution < 1.29 is 23.8 Å². The summed E-state index contributed by atoms with van der Waals surface area (Å²) in [7, 11) is 3.04. The normalized spacial score (nSPS) is 12.3. The molecule has 1 aliphatic heterocycles. The van der Waals surface area contributed by atoms with Gasteiger partial charge in [0.2, 0.25) is 0 Å². The van der Waals surface area contributed by atoms with Crippen molar-refractivity contribution in [2.75, 3.05) is 32.7 Å². The van der Waals surface area contributed by atoms with Crippen molar-refractivity contribution >= 4 is 33.4 Å². The Balaban J connectivity index is 1.35. The van der Waals surface area contributed by atoms with E-state index in [1.165, 1.54) is 14.2 Å². The number of hydrogen-bond acceptors (Lipinski definition) is 8. The number of fused-ring (bicyclic) bond motifs is 1. The molecule has 2 amide bonds. The second kappa shape index (κ2) is 10.9. The molecule has 2 aromatic heterocycles. The van der Waals surface area contributed by atoms with E-state index in [1.54, 1.807) is 53.3 Å². The van der Waals surface area contributed by atoms with Gasteiger partial charge in [0.1, 0.15) is 17.1 Å². The van der Waals surface area contributed by atoms with E-state index in [1.807, 2.05) is 6.07 Å². The predicted molar refractivity (Wildman–Crippen MR) is 142 cm³/mol. The Hall–Kier alpha value is -4.45. The summed E-state index contributed by atoms with van der Waals surface area (Å²) in [5.74, 6) is 1.20. The maximum Gasteiger partial charge on any atom is 0.269 e. The zero-order valence-corrected chi connectivity index (χ0v) is 22.1. The van der Waals surface area contributed by atoms with E-state index in [-0.39, 0.29) is 18.4 Å². The zero-order chi connectivity index (χ0) is 26.6. The molecule has 0 fully saturated rings. The lowest BCUT2D eigenvalue weighted by Crippen LogP contribution is -2.35. The van der Waals surface area contributed by atoms with Crippen LogP contribution in [-0.4, -0.2) is 58.9 Å². The molecule has 3 heterocycles. The van der Waals surface area contributed by atoms with Gasteiger partial charge in [-0.2, -0.15) is 5.10 Å². The van der Waals surface area contributed by atoms with Crippen LogP contribution >= 0.6 is 15.9 Å². The first-order valence-electron chi connectivity index (χ1n) is 11.6. The fraction of sp³-hybridized carbons (Fsp3) is 0.192. The molecule has 0 unspecified atom stereocenters. The Labute approximate surface area is 226 Å². The molecule has 2 aromatic carbocycles. The van der Waals surface area contributed by atoms with Gasteiger partial charge in [0.25, 0.3) is 11.8 Å². The van der Waals surface area contributed by atoms with Gasteiger partial charge in [0, 0.05) is 18.3 Å². The summed E-state index contributed by atoms with van der Waals surface area (Å²) in [5, 5.41) is 10.1. The third-order valence-corrected chi connectivity index (χ3v) is 6.35. The number of anilines is 1. The van der Waals surface area contributed by atoms with Crippen molar-refractivity contribution in [1.29, 1.82) is 0 Å². The van der Waals surface area contributed by atoms with E-state index in [9.17, 15) is 9.59 Å². The standard InChI is InChI=1S/C26H23BrN6O5/c1-36-21-6-4-3-5-18(21)30-23(34)14-38-24-16(27)11-15(12-22(24)37-2)25-28-8-7-17(31-25)19-13-20-26(35)29-9-10-33(20)32-19/h3-8,11-13H,9-10,14H2,1-2H3,(H,29,35)(H,30,34). The van der Waals surface area contributed by atoms with Crippen LogP contribution in [0, 0.1) is 0 Å². The number of para-hydroxylation sites is 2. The number of aromatic nitrogens is 4. The molecule has 0 radical (unpaired) electrons. The smallest absolute Gasteiger partial charge is 0.269 e. The number of nitrogens with zero attached hydrogens (tertiary/aromatic N) is 4. The number of amides is 2. The zero-order valence-electron chi connectivity index (χ0n) is 20.5. The predicted octanol–water partition coefficient (Wildman–Crippen LogP) is 3.55. The average Bonchev–Trinajstić information content (AvgIpc) is 3.38. The minimum absolute atomic E-state index is 0.162. The van der Waals surface area contributed by atoms with E-state index in [4.69, 9.17) is 14.2 Å². The Morgan fingerprint density at radius 3 is 2.71 bits per heavy atom. The lowest BCUT2D eigenvalue weighted by Gasteiger charge is -2.15. The van der Waals surface area contributed by atoms with Gasteiger partial charge < -0.3 is 24.8 Å². The summed E-state index contributed by atoms with van der Waals surface area (Å²) in [5.41, 5.74) is 2.84. The van der Waals surface area contributed by atoms with Crippen LogP contribution in [0.25, 0.3) is 22.8 Å². The van der Waals surface area contributed by atoms with Crippen molar-refractivity contribution in [3.63, 3.8) is 0 Å². The minimum atomic E-state index is -0.361. The Kier molecular flexibility index (Phi) is 7.22. The molecule has 2 N–H and O–H groups in total. The number of carbonyl (C=O) groups is 2. The second-order valence-corrected chi connectivity index (χ2v) is 9.04. The number of hydrogen-bond donors (Lipinski definition) is 2. The van der Waals surface area contributed by atoms with Crippen LogP contribution < -0.4 is 24.8 Å². The molecule has 1 aliphatic rings. The van der Waals surface area contributed by atoms with Crippen LogP contribution in [0.3, 0.4) is 0 Å². The van der Waals surface area contributed by atoms with Crippen LogP contribution in [0.4, 0.5) is 5.69 Å². The van der Waals surface area contributed by atoms with Gasteiger partial charge in [-0.3, -0.25) is 14.3 Å². The fourth-order valence-electron chi connectivity index (χ4n) is 3.96. The van der Waals surface area contributed by atoms with E-state index >= 15 is 0 Å². The van der Waals surface area contributed by atoms with Gasteiger partial charge in [0.15, 0.2) is 23.9 Å². The number of benzene rings is 2. The highest BCUT2D eigenvalue weighted by atomic mass is 79.9. The average molecular weight is 579 g/mol. The van der Waals surface area contributed by atoms with Crippen LogP contribution in [0.1, 0.15) is 10.5 Å². The molecule has 5 rings (SSSR count). The molecular formula is C26H23BrN6O5. The SMILES string of the molecule is COc1ccccc1NC(=O)COc1c(Br)cc(-c2nccc(-c3cc4n(n3)CCNC4=O)n2)cc1OC. The Morgan fingerprint density at radius 1 is 1.11 bits per heavy atom. The molecule has 4 aromatic rings.